The van der Waals surface area contributed by atoms with E-state index in [0.717, 1.165) is 43.1 Å². The van der Waals surface area contributed by atoms with Gasteiger partial charge in [-0.1, -0.05) is 30.9 Å². The van der Waals surface area contributed by atoms with E-state index >= 15 is 0 Å². The van der Waals surface area contributed by atoms with Crippen molar-refractivity contribution in [3.8, 4) is 5.88 Å². The largest absolute Gasteiger partial charge is 0.481 e. The van der Waals surface area contributed by atoms with Crippen LogP contribution in [0.25, 0.3) is 0 Å². The minimum Gasteiger partial charge on any atom is -0.481 e. The second-order valence-electron chi connectivity index (χ2n) is 8.08. The van der Waals surface area contributed by atoms with Gasteiger partial charge in [-0.3, -0.25) is 4.79 Å². The van der Waals surface area contributed by atoms with Crippen molar-refractivity contribution in [2.45, 2.75) is 70.5 Å². The highest BCUT2D eigenvalue weighted by Gasteiger charge is 2.31. The Morgan fingerprint density at radius 2 is 1.93 bits per heavy atom. The van der Waals surface area contributed by atoms with Crippen LogP contribution in [0.2, 0.25) is 5.15 Å². The van der Waals surface area contributed by atoms with Crippen molar-refractivity contribution in [2.24, 2.45) is 0 Å². The maximum Gasteiger partial charge on any atom is 0.254 e. The summed E-state index contributed by atoms with van der Waals surface area (Å²) in [6, 6.07) is 4.15. The highest BCUT2D eigenvalue weighted by molar-refractivity contribution is 7.13. The first-order valence-corrected chi connectivity index (χ1v) is 12.1. The van der Waals surface area contributed by atoms with Crippen LogP contribution in [0.4, 0.5) is 5.13 Å². The molecule has 6 nitrogen and oxygen atoms in total. The predicted molar refractivity (Wildman–Crippen MR) is 121 cm³/mol. The summed E-state index contributed by atoms with van der Waals surface area (Å²) in [6.45, 7) is 3.67. The molecule has 0 radical (unpaired) electrons. The van der Waals surface area contributed by atoms with Crippen molar-refractivity contribution in [1.29, 1.82) is 0 Å². The second kappa shape index (κ2) is 9.52. The third kappa shape index (κ3) is 4.89. The van der Waals surface area contributed by atoms with Crippen molar-refractivity contribution in [3.05, 3.63) is 33.9 Å². The molecule has 2 aliphatic rings. The van der Waals surface area contributed by atoms with Crippen LogP contribution in [0.3, 0.4) is 0 Å². The quantitative estimate of drug-likeness (QED) is 0.522. The first-order chi connectivity index (χ1) is 14.6. The molecule has 0 spiro atoms. The summed E-state index contributed by atoms with van der Waals surface area (Å²) >= 11 is 7.82. The van der Waals surface area contributed by atoms with Crippen LogP contribution >= 0.6 is 22.9 Å². The molecule has 162 valence electrons. The van der Waals surface area contributed by atoms with Crippen LogP contribution in [0.5, 0.6) is 5.88 Å². The van der Waals surface area contributed by atoms with Gasteiger partial charge in [0, 0.05) is 35.6 Å². The number of thiazole rings is 1. The fraction of sp³-hybridized carbons (Fsp3) is 0.591. The molecule has 30 heavy (non-hydrogen) atoms. The maximum absolute atomic E-state index is 13.5. The van der Waals surface area contributed by atoms with Gasteiger partial charge >= 0.3 is 0 Å². The summed E-state index contributed by atoms with van der Waals surface area (Å²) in [5.74, 6) is 0.321. The van der Waals surface area contributed by atoms with Crippen molar-refractivity contribution in [3.63, 3.8) is 0 Å². The van der Waals surface area contributed by atoms with E-state index in [2.05, 4.69) is 22.2 Å². The summed E-state index contributed by atoms with van der Waals surface area (Å²) < 4.78 is 5.22. The molecule has 0 atom stereocenters. The number of pyridine rings is 1. The lowest BCUT2D eigenvalue weighted by atomic mass is 9.93. The molecule has 2 fully saturated rings. The molecule has 0 aliphatic heterocycles. The molecule has 2 aromatic heterocycles. The number of nitrogens with zero attached hydrogens (tertiary/aromatic N) is 4. The summed E-state index contributed by atoms with van der Waals surface area (Å²) in [6.07, 6.45) is 8.11. The summed E-state index contributed by atoms with van der Waals surface area (Å²) in [5.41, 5.74) is 1.47. The minimum atomic E-state index is -0.0337. The molecule has 0 N–H and O–H groups in total. The summed E-state index contributed by atoms with van der Waals surface area (Å²) in [7, 11) is 1.53. The van der Waals surface area contributed by atoms with Crippen LogP contribution in [-0.4, -0.2) is 46.5 Å². The lowest BCUT2D eigenvalue weighted by Gasteiger charge is -2.34. The predicted octanol–water partition coefficient (Wildman–Crippen LogP) is 5.16. The Bertz CT molecular complexity index is 880. The van der Waals surface area contributed by atoms with E-state index in [1.54, 1.807) is 23.5 Å². The van der Waals surface area contributed by atoms with Crippen LogP contribution < -0.4 is 9.64 Å². The van der Waals surface area contributed by atoms with Crippen molar-refractivity contribution >= 4 is 34.0 Å². The first-order valence-electron chi connectivity index (χ1n) is 10.8. The average Bonchev–Trinajstić information content (AvgIpc) is 3.50. The molecular weight excluding hydrogens is 420 g/mol. The number of hydrogen-bond acceptors (Lipinski definition) is 6. The van der Waals surface area contributed by atoms with E-state index in [1.165, 1.54) is 26.4 Å². The van der Waals surface area contributed by atoms with Gasteiger partial charge < -0.3 is 14.5 Å². The number of carbonyl (C=O) groups excluding carboxylic acids is 1. The maximum atomic E-state index is 13.5. The van der Waals surface area contributed by atoms with E-state index in [4.69, 9.17) is 21.3 Å². The normalized spacial score (nSPS) is 17.0. The number of hydrogen-bond donors (Lipinski definition) is 0. The Morgan fingerprint density at radius 1 is 1.17 bits per heavy atom. The highest BCUT2D eigenvalue weighted by atomic mass is 35.5. The standard InChI is InChI=1S/C22H29ClN4O2S/c1-3-26(18-9-10-18)22-24-16(14-30-22)13-27(17-7-5-4-6-8-17)21(28)15-11-19(23)25-20(12-15)29-2/h11-12,14,17-18H,3-10,13H2,1-2H3. The van der Waals surface area contributed by atoms with Gasteiger partial charge in [0.05, 0.1) is 19.3 Å². The van der Waals surface area contributed by atoms with Gasteiger partial charge in [0.15, 0.2) is 5.13 Å². The van der Waals surface area contributed by atoms with Crippen LogP contribution in [0.15, 0.2) is 17.5 Å². The van der Waals surface area contributed by atoms with Crippen molar-refractivity contribution in [1.82, 2.24) is 14.9 Å². The first kappa shape index (κ1) is 21.4. The van der Waals surface area contributed by atoms with Gasteiger partial charge in [-0.15, -0.1) is 11.3 Å². The SMILES string of the molecule is CCN(c1nc(CN(C(=O)c2cc(Cl)nc(OC)c2)C2CCCCC2)cs1)C1CC1. The van der Waals surface area contributed by atoms with E-state index < -0.39 is 0 Å². The molecule has 2 saturated carbocycles. The third-order valence-electron chi connectivity index (χ3n) is 5.95. The Labute approximate surface area is 187 Å². The Kier molecular flexibility index (Phi) is 6.78. The zero-order chi connectivity index (χ0) is 21.1. The van der Waals surface area contributed by atoms with Crippen LogP contribution in [-0.2, 0) is 6.54 Å². The van der Waals surface area contributed by atoms with Crippen molar-refractivity contribution < 1.29 is 9.53 Å². The molecule has 0 bridgehead atoms. The molecule has 4 rings (SSSR count). The Balaban J connectivity index is 1.58. The number of ether oxygens (including phenoxy) is 1. The summed E-state index contributed by atoms with van der Waals surface area (Å²) in [4.78, 5) is 26.9. The number of rotatable bonds is 8. The van der Waals surface area contributed by atoms with Gasteiger partial charge in [-0.25, -0.2) is 9.97 Å². The number of anilines is 1. The summed E-state index contributed by atoms with van der Waals surface area (Å²) in [5, 5.41) is 3.43. The molecule has 0 unspecified atom stereocenters. The molecule has 0 saturated heterocycles. The van der Waals surface area contributed by atoms with Gasteiger partial charge in [-0.2, -0.15) is 0 Å². The Hall–Kier alpha value is -1.86. The number of aromatic nitrogens is 2. The molecule has 2 heterocycles. The smallest absolute Gasteiger partial charge is 0.254 e. The zero-order valence-electron chi connectivity index (χ0n) is 17.6. The fourth-order valence-corrected chi connectivity index (χ4v) is 5.39. The van der Waals surface area contributed by atoms with Crippen molar-refractivity contribution in [2.75, 3.05) is 18.6 Å². The minimum absolute atomic E-state index is 0.0337. The van der Waals surface area contributed by atoms with Gasteiger partial charge in [0.25, 0.3) is 5.91 Å². The number of amides is 1. The average molecular weight is 449 g/mol. The number of halogens is 1. The Morgan fingerprint density at radius 3 is 2.60 bits per heavy atom. The molecule has 1 amide bonds. The van der Waals surface area contributed by atoms with Gasteiger partial charge in [0.1, 0.15) is 5.15 Å². The molecule has 2 aliphatic carbocycles. The van der Waals surface area contributed by atoms with Crippen LogP contribution in [0, 0.1) is 0 Å². The fourth-order valence-electron chi connectivity index (χ4n) is 4.24. The molecule has 2 aromatic rings. The lowest BCUT2D eigenvalue weighted by molar-refractivity contribution is 0.0611. The number of methoxy groups -OCH3 is 1. The highest BCUT2D eigenvalue weighted by Crippen LogP contribution is 2.34. The lowest BCUT2D eigenvalue weighted by Crippen LogP contribution is -2.41. The molecular formula is C22H29ClN4O2S. The molecule has 0 aromatic carbocycles. The topological polar surface area (TPSA) is 58.6 Å². The number of carbonyl (C=O) groups is 1. The van der Waals surface area contributed by atoms with Crippen LogP contribution in [0.1, 0.15) is 67.9 Å². The van der Waals surface area contributed by atoms with Gasteiger partial charge in [0.2, 0.25) is 5.88 Å². The third-order valence-corrected chi connectivity index (χ3v) is 7.07. The van der Waals surface area contributed by atoms with E-state index in [0.29, 0.717) is 24.0 Å². The van der Waals surface area contributed by atoms with E-state index in [1.807, 2.05) is 4.90 Å². The monoisotopic (exact) mass is 448 g/mol. The van der Waals surface area contributed by atoms with E-state index in [9.17, 15) is 4.79 Å². The second-order valence-corrected chi connectivity index (χ2v) is 9.31. The zero-order valence-corrected chi connectivity index (χ0v) is 19.2. The molecule has 8 heteroatoms. The van der Waals surface area contributed by atoms with E-state index in [-0.39, 0.29) is 17.1 Å². The van der Waals surface area contributed by atoms with Gasteiger partial charge in [-0.05, 0) is 38.7 Å².